The summed E-state index contributed by atoms with van der Waals surface area (Å²) in [7, 11) is 1.62. The molecule has 144 valence electrons. The van der Waals surface area contributed by atoms with E-state index in [4.69, 9.17) is 9.72 Å². The van der Waals surface area contributed by atoms with Gasteiger partial charge in [0.15, 0.2) is 0 Å². The SMILES string of the molecule is COc1ccc(-c2nc3ccccc3c(C(=O)Nc3ccc(F)cc3)c2C)cc1. The molecule has 4 nitrogen and oxygen atoms in total. The Morgan fingerprint density at radius 1 is 0.966 bits per heavy atom. The Morgan fingerprint density at radius 3 is 2.34 bits per heavy atom. The summed E-state index contributed by atoms with van der Waals surface area (Å²) in [5, 5.41) is 3.63. The fourth-order valence-electron chi connectivity index (χ4n) is 3.36. The number of rotatable bonds is 4. The molecule has 0 saturated carbocycles. The number of carbonyl (C=O) groups is 1. The molecule has 0 atom stereocenters. The number of methoxy groups -OCH3 is 1. The number of nitrogens with one attached hydrogen (secondary N) is 1. The smallest absolute Gasteiger partial charge is 0.256 e. The topological polar surface area (TPSA) is 51.2 Å². The number of benzene rings is 3. The van der Waals surface area contributed by atoms with Gasteiger partial charge in [-0.15, -0.1) is 0 Å². The minimum Gasteiger partial charge on any atom is -0.497 e. The lowest BCUT2D eigenvalue weighted by molar-refractivity contribution is 0.102. The molecule has 0 aliphatic rings. The van der Waals surface area contributed by atoms with Crippen LogP contribution in [0.2, 0.25) is 0 Å². The molecule has 1 N–H and O–H groups in total. The van der Waals surface area contributed by atoms with Gasteiger partial charge in [-0.05, 0) is 67.1 Å². The maximum absolute atomic E-state index is 13.2. The first kappa shape index (κ1) is 18.6. The third kappa shape index (κ3) is 3.67. The lowest BCUT2D eigenvalue weighted by Gasteiger charge is -2.15. The van der Waals surface area contributed by atoms with Crippen molar-refractivity contribution in [2.75, 3.05) is 12.4 Å². The predicted molar refractivity (Wildman–Crippen MR) is 113 cm³/mol. The summed E-state index contributed by atoms with van der Waals surface area (Å²) in [4.78, 5) is 18.0. The molecule has 0 unspecified atom stereocenters. The van der Waals surface area contributed by atoms with E-state index in [1.807, 2.05) is 55.5 Å². The molecule has 0 spiro atoms. The van der Waals surface area contributed by atoms with E-state index >= 15 is 0 Å². The summed E-state index contributed by atoms with van der Waals surface area (Å²) in [6, 6.07) is 20.8. The van der Waals surface area contributed by atoms with Crippen molar-refractivity contribution < 1.29 is 13.9 Å². The van der Waals surface area contributed by atoms with Gasteiger partial charge in [-0.2, -0.15) is 0 Å². The van der Waals surface area contributed by atoms with Gasteiger partial charge in [-0.3, -0.25) is 4.79 Å². The molecule has 1 amide bonds. The first-order valence-electron chi connectivity index (χ1n) is 9.17. The minimum absolute atomic E-state index is 0.262. The minimum atomic E-state index is -0.352. The fourth-order valence-corrected chi connectivity index (χ4v) is 3.36. The highest BCUT2D eigenvalue weighted by atomic mass is 19.1. The number of nitrogens with zero attached hydrogens (tertiary/aromatic N) is 1. The van der Waals surface area contributed by atoms with Crippen molar-refractivity contribution in [2.24, 2.45) is 0 Å². The molecule has 0 saturated heterocycles. The number of para-hydroxylation sites is 1. The lowest BCUT2D eigenvalue weighted by Crippen LogP contribution is -2.15. The van der Waals surface area contributed by atoms with Crippen molar-refractivity contribution in [1.29, 1.82) is 0 Å². The van der Waals surface area contributed by atoms with Gasteiger partial charge in [0.25, 0.3) is 5.91 Å². The second-order valence-corrected chi connectivity index (χ2v) is 6.67. The molecule has 0 aliphatic heterocycles. The Bertz CT molecular complexity index is 1190. The largest absolute Gasteiger partial charge is 0.497 e. The monoisotopic (exact) mass is 386 g/mol. The molecule has 0 fully saturated rings. The number of amides is 1. The van der Waals surface area contributed by atoms with E-state index < -0.39 is 0 Å². The van der Waals surface area contributed by atoms with Gasteiger partial charge in [0, 0.05) is 16.6 Å². The first-order chi connectivity index (χ1) is 14.1. The van der Waals surface area contributed by atoms with Crippen LogP contribution in [0.1, 0.15) is 15.9 Å². The molecule has 3 aromatic carbocycles. The number of pyridine rings is 1. The third-order valence-corrected chi connectivity index (χ3v) is 4.83. The van der Waals surface area contributed by atoms with Crippen LogP contribution in [0.3, 0.4) is 0 Å². The van der Waals surface area contributed by atoms with Crippen molar-refractivity contribution >= 4 is 22.5 Å². The normalized spacial score (nSPS) is 10.7. The Hall–Kier alpha value is -3.73. The molecule has 0 aliphatic carbocycles. The number of ether oxygens (including phenoxy) is 1. The molecule has 1 heterocycles. The average Bonchev–Trinajstić information content (AvgIpc) is 2.75. The zero-order valence-corrected chi connectivity index (χ0v) is 16.1. The maximum Gasteiger partial charge on any atom is 0.256 e. The molecule has 4 rings (SSSR count). The summed E-state index contributed by atoms with van der Waals surface area (Å²) < 4.78 is 18.4. The Balaban J connectivity index is 1.84. The number of hydrogen-bond acceptors (Lipinski definition) is 3. The zero-order chi connectivity index (χ0) is 20.4. The van der Waals surface area contributed by atoms with E-state index in [0.29, 0.717) is 11.3 Å². The molecular weight excluding hydrogens is 367 g/mol. The highest BCUT2D eigenvalue weighted by Gasteiger charge is 2.19. The highest BCUT2D eigenvalue weighted by Crippen LogP contribution is 2.31. The number of hydrogen-bond donors (Lipinski definition) is 1. The molecule has 0 bridgehead atoms. The summed E-state index contributed by atoms with van der Waals surface area (Å²) in [5.41, 5.74) is 4.20. The van der Waals surface area contributed by atoms with Gasteiger partial charge in [0.05, 0.1) is 23.9 Å². The Kier molecular flexibility index (Phi) is 4.96. The number of anilines is 1. The highest BCUT2D eigenvalue weighted by molar-refractivity contribution is 6.14. The number of halogens is 1. The van der Waals surface area contributed by atoms with Crippen LogP contribution in [-0.2, 0) is 0 Å². The summed E-state index contributed by atoms with van der Waals surface area (Å²) >= 11 is 0. The molecule has 5 heteroatoms. The van der Waals surface area contributed by atoms with Gasteiger partial charge in [-0.25, -0.2) is 9.37 Å². The van der Waals surface area contributed by atoms with Crippen molar-refractivity contribution in [2.45, 2.75) is 6.92 Å². The predicted octanol–water partition coefficient (Wildman–Crippen LogP) is 5.61. The van der Waals surface area contributed by atoms with Crippen molar-refractivity contribution in [3.8, 4) is 17.0 Å². The van der Waals surface area contributed by atoms with E-state index in [9.17, 15) is 9.18 Å². The van der Waals surface area contributed by atoms with Gasteiger partial charge in [0.2, 0.25) is 0 Å². The molecule has 1 aromatic heterocycles. The second kappa shape index (κ2) is 7.72. The van der Waals surface area contributed by atoms with Crippen LogP contribution in [0.15, 0.2) is 72.8 Å². The molecular formula is C24H19FN2O2. The fraction of sp³-hybridized carbons (Fsp3) is 0.0833. The molecule has 29 heavy (non-hydrogen) atoms. The first-order valence-corrected chi connectivity index (χ1v) is 9.17. The lowest BCUT2D eigenvalue weighted by atomic mass is 9.97. The van der Waals surface area contributed by atoms with Crippen molar-refractivity contribution in [1.82, 2.24) is 4.98 Å². The van der Waals surface area contributed by atoms with Crippen LogP contribution in [0.4, 0.5) is 10.1 Å². The van der Waals surface area contributed by atoms with Crippen LogP contribution >= 0.6 is 0 Å². The van der Waals surface area contributed by atoms with Crippen LogP contribution in [0.25, 0.3) is 22.2 Å². The average molecular weight is 386 g/mol. The number of aromatic nitrogens is 1. The second-order valence-electron chi connectivity index (χ2n) is 6.67. The Morgan fingerprint density at radius 2 is 1.66 bits per heavy atom. The third-order valence-electron chi connectivity index (χ3n) is 4.83. The number of carbonyl (C=O) groups excluding carboxylic acids is 1. The van der Waals surface area contributed by atoms with E-state index in [0.717, 1.165) is 33.5 Å². The van der Waals surface area contributed by atoms with Crippen molar-refractivity contribution in [3.05, 3.63) is 89.7 Å². The van der Waals surface area contributed by atoms with Crippen LogP contribution < -0.4 is 10.1 Å². The quantitative estimate of drug-likeness (QED) is 0.496. The standard InChI is InChI=1S/C24H19FN2O2/c1-15-22(24(28)26-18-11-9-17(25)10-12-18)20-5-3-4-6-21(20)27-23(15)16-7-13-19(29-2)14-8-16/h3-14H,1-2H3,(H,26,28). The van der Waals surface area contributed by atoms with Crippen LogP contribution in [0, 0.1) is 12.7 Å². The zero-order valence-electron chi connectivity index (χ0n) is 16.1. The van der Waals surface area contributed by atoms with Gasteiger partial charge >= 0.3 is 0 Å². The van der Waals surface area contributed by atoms with Crippen LogP contribution in [0.5, 0.6) is 5.75 Å². The van der Waals surface area contributed by atoms with Gasteiger partial charge < -0.3 is 10.1 Å². The van der Waals surface area contributed by atoms with E-state index in [1.54, 1.807) is 7.11 Å². The number of fused-ring (bicyclic) bond motifs is 1. The summed E-state index contributed by atoms with van der Waals surface area (Å²) in [5.74, 6) is 0.138. The molecule has 4 aromatic rings. The van der Waals surface area contributed by atoms with Gasteiger partial charge in [-0.1, -0.05) is 18.2 Å². The van der Waals surface area contributed by atoms with E-state index in [2.05, 4.69) is 5.32 Å². The summed E-state index contributed by atoms with van der Waals surface area (Å²) in [6.45, 7) is 1.89. The van der Waals surface area contributed by atoms with E-state index in [1.165, 1.54) is 24.3 Å². The van der Waals surface area contributed by atoms with Gasteiger partial charge in [0.1, 0.15) is 11.6 Å². The molecule has 0 radical (unpaired) electrons. The maximum atomic E-state index is 13.2. The summed E-state index contributed by atoms with van der Waals surface area (Å²) in [6.07, 6.45) is 0. The van der Waals surface area contributed by atoms with Crippen molar-refractivity contribution in [3.63, 3.8) is 0 Å². The van der Waals surface area contributed by atoms with E-state index in [-0.39, 0.29) is 11.7 Å². The Labute approximate surface area is 168 Å². The van der Waals surface area contributed by atoms with Crippen LogP contribution in [-0.4, -0.2) is 18.0 Å².